The smallest absolute Gasteiger partial charge is 0.352 e. The van der Waals surface area contributed by atoms with Gasteiger partial charge in [-0.2, -0.15) is 0 Å². The van der Waals surface area contributed by atoms with E-state index in [-0.39, 0.29) is 25.2 Å². The third-order valence-corrected chi connectivity index (χ3v) is 8.72. The van der Waals surface area contributed by atoms with Crippen LogP contribution in [-0.2, 0) is 44.8 Å². The Labute approximate surface area is 340 Å². The zero-order valence-electron chi connectivity index (χ0n) is 34.8. The highest BCUT2D eigenvalue weighted by Gasteiger charge is 2.35. The number of allylic oxidation sites excluding steroid dienone is 3. The van der Waals surface area contributed by atoms with E-state index in [1.165, 1.54) is 33.8 Å². The third kappa shape index (κ3) is 17.5. The molecule has 7 amide bonds. The third-order valence-electron chi connectivity index (χ3n) is 8.72. The summed E-state index contributed by atoms with van der Waals surface area (Å²) in [5.41, 5.74) is 0.999. The summed E-state index contributed by atoms with van der Waals surface area (Å²) >= 11 is 0. The van der Waals surface area contributed by atoms with Crippen LogP contribution in [0.1, 0.15) is 80.7 Å². The van der Waals surface area contributed by atoms with Crippen LogP contribution >= 0.6 is 0 Å². The van der Waals surface area contributed by atoms with E-state index in [0.29, 0.717) is 5.56 Å². The maximum absolute atomic E-state index is 14.0. The van der Waals surface area contributed by atoms with Crippen molar-refractivity contribution >= 4 is 47.3 Å². The lowest BCUT2D eigenvalue weighted by Gasteiger charge is -2.29. The van der Waals surface area contributed by atoms with E-state index in [9.17, 15) is 48.6 Å². The number of carbonyl (C=O) groups excluding carboxylic acids is 7. The molecule has 0 aliphatic carbocycles. The highest BCUT2D eigenvalue weighted by atomic mass is 16.4. The molecule has 0 aliphatic heterocycles. The molecule has 0 radical (unpaired) electrons. The van der Waals surface area contributed by atoms with Crippen LogP contribution in [0.5, 0.6) is 0 Å². The molecule has 1 aromatic rings. The fraction of sp³-hybridized carbons (Fsp3) is 0.512. The Morgan fingerprint density at radius 2 is 1.22 bits per heavy atom. The fourth-order valence-electron chi connectivity index (χ4n) is 5.65. The van der Waals surface area contributed by atoms with Gasteiger partial charge in [-0.25, -0.2) is 4.79 Å². The average Bonchev–Trinajstić information content (AvgIpc) is 3.13. The number of aliphatic carboxylic acids is 1. The van der Waals surface area contributed by atoms with E-state index < -0.39 is 101 Å². The molecule has 0 fully saturated rings. The predicted octanol–water partition coefficient (Wildman–Crippen LogP) is 0.888. The number of carboxylic acids is 1. The first-order valence-corrected chi connectivity index (χ1v) is 19.1. The monoisotopic (exact) mass is 811 g/mol. The Bertz CT molecular complexity index is 1690. The summed E-state index contributed by atoms with van der Waals surface area (Å²) in [5, 5.41) is 37.6. The number of aliphatic hydroxyl groups is 1. The Kier molecular flexibility index (Phi) is 21.4. The van der Waals surface area contributed by atoms with Crippen LogP contribution in [-0.4, -0.2) is 99.9 Å². The van der Waals surface area contributed by atoms with Crippen LogP contribution in [0.4, 0.5) is 0 Å². The second-order valence-electron chi connectivity index (χ2n) is 14.8. The van der Waals surface area contributed by atoms with E-state index in [1.54, 1.807) is 63.3 Å². The van der Waals surface area contributed by atoms with E-state index in [0.717, 1.165) is 5.57 Å². The predicted molar refractivity (Wildman–Crippen MR) is 217 cm³/mol. The Hall–Kier alpha value is -5.84. The minimum atomic E-state index is -1.62. The van der Waals surface area contributed by atoms with Crippen molar-refractivity contribution in [2.75, 3.05) is 0 Å². The number of carbonyl (C=O) groups is 8. The van der Waals surface area contributed by atoms with Gasteiger partial charge in [0, 0.05) is 13.3 Å². The number of amides is 7. The quantitative estimate of drug-likeness (QED) is 0.0557. The van der Waals surface area contributed by atoms with Crippen LogP contribution in [0.15, 0.2) is 66.4 Å². The van der Waals surface area contributed by atoms with Crippen LogP contribution < -0.4 is 37.2 Å². The molecule has 0 bridgehead atoms. The van der Waals surface area contributed by atoms with Crippen molar-refractivity contribution < 1.29 is 48.6 Å². The molecule has 0 unspecified atom stereocenters. The second kappa shape index (κ2) is 24.7. The Balaban J connectivity index is 3.36. The van der Waals surface area contributed by atoms with Crippen LogP contribution in [0, 0.1) is 11.8 Å². The number of rotatable bonds is 23. The SMILES string of the molecule is C=C/C=C(\C)C[C@@H](NC(C)=O)C(=O)N[C@H](CC(C)C)C(=O)N[C@@H](Cc1ccccc1)C(=O)N[C@@H](C(=O)N[C@H](C(=O)N[C@@H](C)C(=O)N/C(=C\C)C(=O)O)C(C)C)[C@@H](C)O. The topological polar surface area (TPSA) is 261 Å². The van der Waals surface area contributed by atoms with E-state index in [1.807, 2.05) is 13.8 Å². The van der Waals surface area contributed by atoms with E-state index in [4.69, 9.17) is 0 Å². The molecule has 0 aliphatic rings. The Morgan fingerprint density at radius 1 is 0.690 bits per heavy atom. The fourth-order valence-corrected chi connectivity index (χ4v) is 5.65. The first-order chi connectivity index (χ1) is 27.1. The van der Waals surface area contributed by atoms with Crippen molar-refractivity contribution in [3.63, 3.8) is 0 Å². The average molecular weight is 812 g/mol. The zero-order valence-corrected chi connectivity index (χ0v) is 34.8. The highest BCUT2D eigenvalue weighted by molar-refractivity contribution is 5.98. The number of hydrogen-bond donors (Lipinski definition) is 9. The summed E-state index contributed by atoms with van der Waals surface area (Å²) in [6.07, 6.45) is 3.18. The summed E-state index contributed by atoms with van der Waals surface area (Å²) in [4.78, 5) is 104. The molecule has 17 nitrogen and oxygen atoms in total. The lowest BCUT2D eigenvalue weighted by molar-refractivity contribution is -0.137. The molecule has 17 heteroatoms. The first kappa shape index (κ1) is 50.2. The van der Waals surface area contributed by atoms with Gasteiger partial charge in [-0.3, -0.25) is 33.6 Å². The van der Waals surface area contributed by atoms with Crippen molar-refractivity contribution in [2.45, 2.75) is 124 Å². The van der Waals surface area contributed by atoms with Gasteiger partial charge >= 0.3 is 5.97 Å². The van der Waals surface area contributed by atoms with Gasteiger partial charge in [0.2, 0.25) is 41.4 Å². The normalized spacial score (nSPS) is 15.3. The summed E-state index contributed by atoms with van der Waals surface area (Å²) in [7, 11) is 0. The summed E-state index contributed by atoms with van der Waals surface area (Å²) in [5.74, 6) is -7.24. The standard InChI is InChI=1S/C41H61N7O10/c1-11-16-24(7)20-31(43-27(10)50)37(53)45-30(19-22(3)4)36(52)46-32(21-28-17-14-13-15-18-28)38(54)48-34(26(9)49)40(56)47-33(23(5)6)39(55)42-25(8)35(51)44-29(12-2)41(57)58/h11-18,22-23,25-26,30-34,49H,1,19-21H2,2-10H3,(H,42,55)(H,43,50)(H,44,51)(H,45,53)(H,46,52)(H,47,56)(H,48,54)(H,57,58)/b24-16+,29-12-/t25-,26+,30+,31+,32-,33-,34+/m0/s1. The largest absolute Gasteiger partial charge is 0.477 e. The van der Waals surface area contributed by atoms with Gasteiger partial charge in [0.25, 0.3) is 0 Å². The first-order valence-electron chi connectivity index (χ1n) is 19.1. The van der Waals surface area contributed by atoms with Gasteiger partial charge in [0.05, 0.1) is 6.10 Å². The van der Waals surface area contributed by atoms with Crippen molar-refractivity contribution in [3.05, 3.63) is 72.0 Å². The van der Waals surface area contributed by atoms with Gasteiger partial charge < -0.3 is 47.4 Å². The van der Waals surface area contributed by atoms with E-state index >= 15 is 0 Å². The maximum atomic E-state index is 14.0. The molecule has 1 aromatic carbocycles. The molecule has 1 rings (SSSR count). The number of aliphatic hydroxyl groups excluding tert-OH is 1. The minimum Gasteiger partial charge on any atom is -0.477 e. The van der Waals surface area contributed by atoms with Gasteiger partial charge in [-0.15, -0.1) is 0 Å². The molecule has 58 heavy (non-hydrogen) atoms. The van der Waals surface area contributed by atoms with Gasteiger partial charge in [-0.1, -0.05) is 88.4 Å². The maximum Gasteiger partial charge on any atom is 0.352 e. The Morgan fingerprint density at radius 3 is 1.72 bits per heavy atom. The zero-order chi connectivity index (χ0) is 44.3. The summed E-state index contributed by atoms with van der Waals surface area (Å²) in [6.45, 7) is 17.6. The second-order valence-corrected chi connectivity index (χ2v) is 14.8. The van der Waals surface area contributed by atoms with E-state index in [2.05, 4.69) is 43.8 Å². The number of benzene rings is 1. The molecule has 0 spiro atoms. The van der Waals surface area contributed by atoms with Crippen molar-refractivity contribution in [1.82, 2.24) is 37.2 Å². The molecule has 0 saturated carbocycles. The van der Waals surface area contributed by atoms with Crippen molar-refractivity contribution in [2.24, 2.45) is 11.8 Å². The minimum absolute atomic E-state index is 0.0528. The summed E-state index contributed by atoms with van der Waals surface area (Å²) in [6, 6.07) is 1.11. The van der Waals surface area contributed by atoms with Crippen molar-refractivity contribution in [3.8, 4) is 0 Å². The molecule has 9 N–H and O–H groups in total. The lowest BCUT2D eigenvalue weighted by atomic mass is 9.99. The molecule has 0 saturated heterocycles. The molecular formula is C41H61N7O10. The highest BCUT2D eigenvalue weighted by Crippen LogP contribution is 2.12. The number of nitrogens with one attached hydrogen (secondary N) is 7. The van der Waals surface area contributed by atoms with Gasteiger partial charge in [-0.05, 0) is 57.9 Å². The molecule has 7 atom stereocenters. The molecule has 0 heterocycles. The van der Waals surface area contributed by atoms with Gasteiger partial charge in [0.15, 0.2) is 0 Å². The number of hydrogen-bond acceptors (Lipinski definition) is 9. The van der Waals surface area contributed by atoms with Gasteiger partial charge in [0.1, 0.15) is 41.9 Å². The number of carboxylic acid groups (broad SMARTS) is 1. The van der Waals surface area contributed by atoms with Crippen molar-refractivity contribution in [1.29, 1.82) is 0 Å². The molecule has 320 valence electrons. The van der Waals surface area contributed by atoms with Crippen LogP contribution in [0.2, 0.25) is 0 Å². The lowest BCUT2D eigenvalue weighted by Crippen LogP contribution is -2.62. The molecule has 0 aromatic heterocycles. The van der Waals surface area contributed by atoms with Crippen LogP contribution in [0.3, 0.4) is 0 Å². The summed E-state index contributed by atoms with van der Waals surface area (Å²) < 4.78 is 0. The molecular weight excluding hydrogens is 750 g/mol. The van der Waals surface area contributed by atoms with Crippen LogP contribution in [0.25, 0.3) is 0 Å².